The summed E-state index contributed by atoms with van der Waals surface area (Å²) in [5.74, 6) is -0.568. The quantitative estimate of drug-likeness (QED) is 0.234. The molecule has 0 fully saturated rings. The molecule has 33 heavy (non-hydrogen) atoms. The zero-order valence-electron chi connectivity index (χ0n) is 21.1. The average Bonchev–Trinajstić information content (AvgIpc) is 2.76. The number of benzene rings is 2. The van der Waals surface area contributed by atoms with Crippen LogP contribution in [0, 0.1) is 11.3 Å². The van der Waals surface area contributed by atoms with Crippen LogP contribution in [0.2, 0.25) is 0 Å². The molecule has 5 heteroatoms. The van der Waals surface area contributed by atoms with Crippen molar-refractivity contribution in [2.24, 2.45) is 11.3 Å². The number of aliphatic hydroxyl groups excluding tert-OH is 2. The van der Waals surface area contributed by atoms with E-state index in [2.05, 4.69) is 6.92 Å². The Labute approximate surface area is 202 Å². The topological polar surface area (TPSA) is 69.9 Å². The van der Waals surface area contributed by atoms with Crippen LogP contribution in [-0.4, -0.2) is 42.4 Å². The fourth-order valence-corrected chi connectivity index (χ4v) is 7.07. The monoisotopic (exact) mass is 472 g/mol. The van der Waals surface area contributed by atoms with E-state index in [9.17, 15) is 15.3 Å². The van der Waals surface area contributed by atoms with Gasteiger partial charge in [0.2, 0.25) is 9.04 Å². The van der Waals surface area contributed by atoms with Gasteiger partial charge in [-0.25, -0.2) is 0 Å². The maximum absolute atomic E-state index is 11.3. The molecule has 0 aliphatic heterocycles. The van der Waals surface area contributed by atoms with E-state index in [0.717, 1.165) is 36.1 Å². The van der Waals surface area contributed by atoms with Gasteiger partial charge >= 0.3 is 0 Å². The first-order valence-electron chi connectivity index (χ1n) is 12.4. The highest BCUT2D eigenvalue weighted by molar-refractivity contribution is 6.80. The summed E-state index contributed by atoms with van der Waals surface area (Å²) in [5.41, 5.74) is -1.48. The molecule has 2 aromatic carbocycles. The molecule has 0 saturated carbocycles. The molecule has 0 aliphatic carbocycles. The third-order valence-corrected chi connectivity index (χ3v) is 8.70. The van der Waals surface area contributed by atoms with E-state index >= 15 is 0 Å². The van der Waals surface area contributed by atoms with E-state index in [1.54, 1.807) is 6.92 Å². The molecule has 0 heterocycles. The summed E-state index contributed by atoms with van der Waals surface area (Å²) in [6.45, 7) is 9.98. The Morgan fingerprint density at radius 2 is 1.33 bits per heavy atom. The number of hydrogen-bond acceptors (Lipinski definition) is 4. The van der Waals surface area contributed by atoms with Gasteiger partial charge in [-0.3, -0.25) is 0 Å². The lowest BCUT2D eigenvalue weighted by atomic mass is 9.75. The van der Waals surface area contributed by atoms with Gasteiger partial charge in [-0.2, -0.15) is 0 Å². The van der Waals surface area contributed by atoms with Gasteiger partial charge in [-0.15, -0.1) is 0 Å². The lowest BCUT2D eigenvalue weighted by Gasteiger charge is -2.40. The molecule has 0 saturated heterocycles. The molecule has 3 N–H and O–H groups in total. The maximum atomic E-state index is 11.3. The van der Waals surface area contributed by atoms with Crippen molar-refractivity contribution in [2.75, 3.05) is 0 Å². The van der Waals surface area contributed by atoms with E-state index < -0.39 is 33.0 Å². The Kier molecular flexibility index (Phi) is 10.8. The zero-order valence-corrected chi connectivity index (χ0v) is 22.2. The highest BCUT2D eigenvalue weighted by atomic mass is 28.3. The standard InChI is InChI=1S/C28H44O4Si/c1-6-7-8-15-20-24(25(29)28(5,31)21-27(2,3)4)26(30)32-33(22-16-11-9-12-17-22)23-18-13-10-14-19-23/h9-14,16-19,24-26,29-31,33H,6-8,15,20-21H2,1-5H3. The van der Waals surface area contributed by atoms with Crippen LogP contribution in [0.4, 0.5) is 0 Å². The van der Waals surface area contributed by atoms with Crippen molar-refractivity contribution < 1.29 is 19.7 Å². The summed E-state index contributed by atoms with van der Waals surface area (Å²) in [5, 5.41) is 36.0. The molecule has 0 amide bonds. The Balaban J connectivity index is 2.29. The van der Waals surface area contributed by atoms with Crippen molar-refractivity contribution >= 4 is 19.4 Å². The predicted molar refractivity (Wildman–Crippen MR) is 139 cm³/mol. The van der Waals surface area contributed by atoms with Crippen LogP contribution in [0.5, 0.6) is 0 Å². The largest absolute Gasteiger partial charge is 0.390 e. The highest BCUT2D eigenvalue weighted by Crippen LogP contribution is 2.34. The second kappa shape index (κ2) is 12.8. The molecular formula is C28H44O4Si. The molecular weight excluding hydrogens is 428 g/mol. The van der Waals surface area contributed by atoms with Crippen molar-refractivity contribution in [2.45, 2.75) is 91.1 Å². The van der Waals surface area contributed by atoms with Gasteiger partial charge in [0, 0.05) is 5.92 Å². The van der Waals surface area contributed by atoms with Gasteiger partial charge < -0.3 is 19.7 Å². The van der Waals surface area contributed by atoms with Gasteiger partial charge in [0.25, 0.3) is 0 Å². The highest BCUT2D eigenvalue weighted by Gasteiger charge is 2.42. The minimum absolute atomic E-state index is 0.158. The summed E-state index contributed by atoms with van der Waals surface area (Å²) in [6, 6.07) is 20.0. The Hall–Kier alpha value is -1.50. The van der Waals surface area contributed by atoms with Crippen LogP contribution in [-0.2, 0) is 4.43 Å². The summed E-state index contributed by atoms with van der Waals surface area (Å²) >= 11 is 0. The normalized spacial score (nSPS) is 16.9. The maximum Gasteiger partial charge on any atom is 0.243 e. The van der Waals surface area contributed by atoms with Crippen molar-refractivity contribution in [1.29, 1.82) is 0 Å². The lowest BCUT2D eigenvalue weighted by Crippen LogP contribution is -2.54. The smallest absolute Gasteiger partial charge is 0.243 e. The first-order valence-corrected chi connectivity index (χ1v) is 14.0. The second-order valence-corrected chi connectivity index (χ2v) is 13.1. The van der Waals surface area contributed by atoms with E-state index in [-0.39, 0.29) is 5.41 Å². The molecule has 2 aromatic rings. The van der Waals surface area contributed by atoms with Crippen molar-refractivity contribution in [1.82, 2.24) is 0 Å². The predicted octanol–water partition coefficient (Wildman–Crippen LogP) is 3.99. The number of unbranched alkanes of at least 4 members (excludes halogenated alkanes) is 3. The van der Waals surface area contributed by atoms with Gasteiger partial charge in [-0.05, 0) is 35.6 Å². The van der Waals surface area contributed by atoms with Crippen LogP contribution >= 0.6 is 0 Å². The number of rotatable bonds is 13. The Bertz CT molecular complexity index is 749. The molecule has 0 aromatic heterocycles. The molecule has 2 rings (SSSR count). The van der Waals surface area contributed by atoms with Gasteiger partial charge in [0.05, 0.1) is 11.7 Å². The minimum Gasteiger partial charge on any atom is -0.390 e. The van der Waals surface area contributed by atoms with Crippen LogP contribution in [0.25, 0.3) is 0 Å². The SMILES string of the molecule is CCCCCCC(C(O)O[SiH](c1ccccc1)c1ccccc1)C(O)C(C)(O)CC(C)(C)C. The van der Waals surface area contributed by atoms with Crippen molar-refractivity contribution in [3.63, 3.8) is 0 Å². The Morgan fingerprint density at radius 1 is 0.818 bits per heavy atom. The van der Waals surface area contributed by atoms with Crippen LogP contribution < -0.4 is 10.4 Å². The van der Waals surface area contributed by atoms with Crippen LogP contribution in [0.1, 0.15) is 73.1 Å². The second-order valence-electron chi connectivity index (χ2n) is 10.8. The molecule has 4 atom stereocenters. The first-order chi connectivity index (χ1) is 15.5. The van der Waals surface area contributed by atoms with Gasteiger partial charge in [0.15, 0.2) is 0 Å². The molecule has 0 aliphatic rings. The molecule has 0 spiro atoms. The minimum atomic E-state index is -2.19. The number of aliphatic hydroxyl groups is 3. The van der Waals surface area contributed by atoms with E-state index in [1.165, 1.54) is 0 Å². The molecule has 4 nitrogen and oxygen atoms in total. The van der Waals surface area contributed by atoms with E-state index in [4.69, 9.17) is 4.43 Å². The fourth-order valence-electron chi connectivity index (χ4n) is 4.75. The molecule has 0 radical (unpaired) electrons. The van der Waals surface area contributed by atoms with Gasteiger partial charge in [-0.1, -0.05) is 114 Å². The summed E-state index contributed by atoms with van der Waals surface area (Å²) in [4.78, 5) is 0. The lowest BCUT2D eigenvalue weighted by molar-refractivity contribution is -0.167. The van der Waals surface area contributed by atoms with Gasteiger partial charge in [0.1, 0.15) is 6.29 Å². The van der Waals surface area contributed by atoms with Crippen molar-refractivity contribution in [3.8, 4) is 0 Å². The van der Waals surface area contributed by atoms with Crippen LogP contribution in [0.15, 0.2) is 60.7 Å². The summed E-state index contributed by atoms with van der Waals surface area (Å²) in [6.07, 6.45) is 2.93. The Morgan fingerprint density at radius 3 is 1.79 bits per heavy atom. The van der Waals surface area contributed by atoms with E-state index in [0.29, 0.717) is 12.8 Å². The fraction of sp³-hybridized carbons (Fsp3) is 0.571. The summed E-state index contributed by atoms with van der Waals surface area (Å²) < 4.78 is 6.41. The third kappa shape index (κ3) is 8.99. The molecule has 0 bridgehead atoms. The first kappa shape index (κ1) is 27.7. The molecule has 4 unspecified atom stereocenters. The zero-order chi connectivity index (χ0) is 24.5. The summed E-state index contributed by atoms with van der Waals surface area (Å²) in [7, 11) is -2.19. The average molecular weight is 473 g/mol. The van der Waals surface area contributed by atoms with Crippen LogP contribution in [0.3, 0.4) is 0 Å². The van der Waals surface area contributed by atoms with Crippen molar-refractivity contribution in [3.05, 3.63) is 60.7 Å². The number of hydrogen-bond donors (Lipinski definition) is 3. The third-order valence-electron chi connectivity index (χ3n) is 6.17. The molecule has 184 valence electrons. The van der Waals surface area contributed by atoms with E-state index in [1.807, 2.05) is 81.4 Å².